The lowest BCUT2D eigenvalue weighted by Crippen LogP contribution is -2.76. The number of nitrogens with zero attached hydrogens (tertiary/aromatic N) is 1. The maximum absolute atomic E-state index is 12.4. The van der Waals surface area contributed by atoms with Gasteiger partial charge < -0.3 is 24.1 Å². The van der Waals surface area contributed by atoms with Crippen LogP contribution >= 0.6 is 11.6 Å². The van der Waals surface area contributed by atoms with E-state index in [4.69, 9.17) is 30.5 Å². The number of hydrogen-bond donors (Lipinski definition) is 2. The maximum atomic E-state index is 12.4. The molecule has 0 spiro atoms. The Balaban J connectivity index is 2.12. The third kappa shape index (κ3) is 2.86. The molecule has 4 unspecified atom stereocenters. The minimum atomic E-state index is -4.84. The van der Waals surface area contributed by atoms with Crippen molar-refractivity contribution < 1.29 is 37.0 Å². The van der Waals surface area contributed by atoms with Gasteiger partial charge in [-0.25, -0.2) is 0 Å². The van der Waals surface area contributed by atoms with E-state index in [1.807, 2.05) is 0 Å². The second kappa shape index (κ2) is 6.96. The van der Waals surface area contributed by atoms with E-state index in [1.165, 1.54) is 46.3 Å². The first-order chi connectivity index (χ1) is 14.4. The Hall–Kier alpha value is -2.08. The first kappa shape index (κ1) is 22.1. The number of hydrogen-bond acceptors (Lipinski definition) is 8. The van der Waals surface area contributed by atoms with Gasteiger partial charge in [-0.2, -0.15) is 8.42 Å². The molecule has 2 N–H and O–H groups in total. The predicted molar refractivity (Wildman–Crippen MR) is 112 cm³/mol. The zero-order valence-corrected chi connectivity index (χ0v) is 18.8. The Bertz CT molecular complexity index is 1140. The van der Waals surface area contributed by atoms with Gasteiger partial charge in [0.15, 0.2) is 5.60 Å². The van der Waals surface area contributed by atoms with E-state index in [0.717, 1.165) is 4.90 Å². The third-order valence-electron chi connectivity index (χ3n) is 6.00. The summed E-state index contributed by atoms with van der Waals surface area (Å²) in [5, 5.41) is 12.2. The summed E-state index contributed by atoms with van der Waals surface area (Å²) in [6, 6.07) is 11.1. The Morgan fingerprint density at radius 1 is 1.10 bits per heavy atom. The minimum absolute atomic E-state index is 0.127. The molecule has 2 aromatic rings. The summed E-state index contributed by atoms with van der Waals surface area (Å²) >= 11 is 6.19. The molecule has 9 nitrogen and oxygen atoms in total. The standard InChI is InChI=1S/C20H22ClNO8S/c1-18(23)19(2,27-3)30-15-8-6-5-7-13(15)20(18,28-4)22-14-11-12(21)9-10-16(14)29-17(22)31(24,25)26/h5-11,17,23H,1-4H3,(H,24,25,26). The highest BCUT2D eigenvalue weighted by atomic mass is 35.5. The summed E-state index contributed by atoms with van der Waals surface area (Å²) in [4.78, 5) is 1.14. The highest BCUT2D eigenvalue weighted by molar-refractivity contribution is 7.86. The molecule has 11 heteroatoms. The molecule has 4 rings (SSSR count). The molecule has 168 valence electrons. The molecule has 0 saturated carbocycles. The fraction of sp³-hybridized carbons (Fsp3) is 0.400. The fourth-order valence-corrected chi connectivity index (χ4v) is 5.21. The monoisotopic (exact) mass is 471 g/mol. The normalized spacial score (nSPS) is 32.1. The molecule has 0 aliphatic carbocycles. The second-order valence-electron chi connectivity index (χ2n) is 7.59. The number of methoxy groups -OCH3 is 2. The van der Waals surface area contributed by atoms with Gasteiger partial charge in [0, 0.05) is 31.7 Å². The smallest absolute Gasteiger partial charge is 0.324 e. The quantitative estimate of drug-likeness (QED) is 0.649. The van der Waals surface area contributed by atoms with Crippen LogP contribution in [0.25, 0.3) is 0 Å². The van der Waals surface area contributed by atoms with E-state index in [2.05, 4.69) is 0 Å². The Morgan fingerprint density at radius 3 is 2.39 bits per heavy atom. The molecule has 0 aromatic heterocycles. The Morgan fingerprint density at radius 2 is 1.77 bits per heavy atom. The van der Waals surface area contributed by atoms with E-state index in [0.29, 0.717) is 5.56 Å². The number of ether oxygens (including phenoxy) is 4. The largest absolute Gasteiger partial charge is 0.459 e. The van der Waals surface area contributed by atoms with Gasteiger partial charge >= 0.3 is 15.7 Å². The summed E-state index contributed by atoms with van der Waals surface area (Å²) in [6.45, 7) is 2.88. The van der Waals surface area contributed by atoms with Crippen LogP contribution in [0.1, 0.15) is 19.4 Å². The highest BCUT2D eigenvalue weighted by Gasteiger charge is 2.71. The summed E-state index contributed by atoms with van der Waals surface area (Å²) in [6.07, 6.45) is 0. The molecule has 2 aliphatic heterocycles. The van der Waals surface area contributed by atoms with Crippen LogP contribution in [-0.4, -0.2) is 49.2 Å². The minimum Gasteiger partial charge on any atom is -0.459 e. The van der Waals surface area contributed by atoms with E-state index < -0.39 is 32.8 Å². The SMILES string of the molecule is COC1(C)Oc2ccccc2C(OC)(N2c3cc(Cl)ccc3OC2S(=O)(=O)O)C1(C)O. The van der Waals surface area contributed by atoms with Crippen LogP contribution in [0.5, 0.6) is 11.5 Å². The molecule has 0 amide bonds. The number of halogens is 1. The van der Waals surface area contributed by atoms with Crippen LogP contribution in [0, 0.1) is 0 Å². The van der Waals surface area contributed by atoms with Gasteiger partial charge in [-0.3, -0.25) is 9.45 Å². The average Bonchev–Trinajstić information content (AvgIpc) is 3.08. The lowest BCUT2D eigenvalue weighted by Gasteiger charge is -2.58. The third-order valence-corrected chi connectivity index (χ3v) is 7.05. The lowest BCUT2D eigenvalue weighted by atomic mass is 9.75. The summed E-state index contributed by atoms with van der Waals surface area (Å²) in [7, 11) is -2.20. The number of benzene rings is 2. The molecule has 2 aliphatic rings. The first-order valence-electron chi connectivity index (χ1n) is 9.26. The van der Waals surface area contributed by atoms with Crippen molar-refractivity contribution in [2.75, 3.05) is 19.1 Å². The molecule has 0 radical (unpaired) electrons. The van der Waals surface area contributed by atoms with Crippen molar-refractivity contribution in [2.24, 2.45) is 0 Å². The molecular formula is C20H22ClNO8S. The zero-order valence-electron chi connectivity index (χ0n) is 17.2. The lowest BCUT2D eigenvalue weighted by molar-refractivity contribution is -0.332. The first-order valence-corrected chi connectivity index (χ1v) is 11.1. The van der Waals surface area contributed by atoms with Crippen LogP contribution in [0.4, 0.5) is 5.69 Å². The molecule has 4 atom stereocenters. The zero-order chi connectivity index (χ0) is 22.8. The average molecular weight is 472 g/mol. The number of aliphatic hydroxyl groups is 1. The van der Waals surface area contributed by atoms with Crippen molar-refractivity contribution >= 4 is 27.4 Å². The van der Waals surface area contributed by atoms with Crippen LogP contribution in [0.3, 0.4) is 0 Å². The van der Waals surface area contributed by atoms with Crippen LogP contribution in [0.2, 0.25) is 5.02 Å². The highest BCUT2D eigenvalue weighted by Crippen LogP contribution is 2.58. The molecule has 0 fully saturated rings. The van der Waals surface area contributed by atoms with Gasteiger partial charge in [0.1, 0.15) is 11.5 Å². The molecule has 0 bridgehead atoms. The number of anilines is 1. The van der Waals surface area contributed by atoms with Gasteiger partial charge in [0.05, 0.1) is 5.69 Å². The predicted octanol–water partition coefficient (Wildman–Crippen LogP) is 2.72. The van der Waals surface area contributed by atoms with E-state index in [1.54, 1.807) is 24.3 Å². The molecule has 31 heavy (non-hydrogen) atoms. The van der Waals surface area contributed by atoms with Gasteiger partial charge in [0.25, 0.3) is 0 Å². The van der Waals surface area contributed by atoms with Gasteiger partial charge in [-0.1, -0.05) is 29.8 Å². The summed E-state index contributed by atoms with van der Waals surface area (Å²) < 4.78 is 57.9. The van der Waals surface area contributed by atoms with Crippen LogP contribution in [-0.2, 0) is 25.3 Å². The number of fused-ring (bicyclic) bond motifs is 2. The van der Waals surface area contributed by atoms with E-state index >= 15 is 0 Å². The van der Waals surface area contributed by atoms with Crippen molar-refractivity contribution in [1.29, 1.82) is 0 Å². The van der Waals surface area contributed by atoms with E-state index in [-0.39, 0.29) is 22.2 Å². The molecule has 2 heterocycles. The fourth-order valence-electron chi connectivity index (χ4n) is 4.29. The van der Waals surface area contributed by atoms with E-state index in [9.17, 15) is 18.1 Å². The van der Waals surface area contributed by atoms with Crippen LogP contribution < -0.4 is 14.4 Å². The summed E-state index contributed by atoms with van der Waals surface area (Å²) in [5.41, 5.74) is -5.47. The van der Waals surface area contributed by atoms with Crippen LogP contribution in [0.15, 0.2) is 42.5 Å². The molecular weight excluding hydrogens is 450 g/mol. The summed E-state index contributed by atoms with van der Waals surface area (Å²) in [5.74, 6) is -1.28. The Labute approximate surface area is 184 Å². The number of para-hydroxylation sites is 1. The van der Waals surface area contributed by atoms with Gasteiger partial charge in [0.2, 0.25) is 11.5 Å². The maximum Gasteiger partial charge on any atom is 0.324 e. The second-order valence-corrected chi connectivity index (χ2v) is 9.46. The number of rotatable bonds is 4. The van der Waals surface area contributed by atoms with Crippen molar-refractivity contribution in [1.82, 2.24) is 0 Å². The van der Waals surface area contributed by atoms with Gasteiger partial charge in [-0.15, -0.1) is 0 Å². The van der Waals surface area contributed by atoms with Crippen molar-refractivity contribution in [2.45, 2.75) is 36.5 Å². The molecule has 2 aromatic carbocycles. The van der Waals surface area contributed by atoms with Crippen molar-refractivity contribution in [3.63, 3.8) is 0 Å². The van der Waals surface area contributed by atoms with Crippen molar-refractivity contribution in [3.8, 4) is 11.5 Å². The molecule has 0 saturated heterocycles. The Kier molecular flexibility index (Phi) is 4.97. The topological polar surface area (TPSA) is 115 Å². The van der Waals surface area contributed by atoms with Crippen molar-refractivity contribution in [3.05, 3.63) is 53.1 Å². The van der Waals surface area contributed by atoms with Gasteiger partial charge in [-0.05, 0) is 31.2 Å².